The minimum Gasteiger partial charge on any atom is -0.489 e. The third-order valence-corrected chi connectivity index (χ3v) is 2.76. The van der Waals surface area contributed by atoms with Gasteiger partial charge in [0.1, 0.15) is 12.4 Å². The second-order valence-corrected chi connectivity index (χ2v) is 3.89. The molecular weight excluding hydrogens is 198 g/mol. The molecule has 82 valence electrons. The number of hydrogen-bond acceptors (Lipinski definition) is 2. The van der Waals surface area contributed by atoms with Crippen molar-refractivity contribution in [3.63, 3.8) is 0 Å². The van der Waals surface area contributed by atoms with E-state index in [4.69, 9.17) is 4.74 Å². The summed E-state index contributed by atoms with van der Waals surface area (Å²) in [4.78, 5) is 0. The molecule has 2 aliphatic carbocycles. The normalized spacial score (nSPS) is 11.2. The molecule has 0 heterocycles. The number of rotatable bonds is 3. The van der Waals surface area contributed by atoms with Gasteiger partial charge in [0, 0.05) is 6.42 Å². The summed E-state index contributed by atoms with van der Waals surface area (Å²) in [7, 11) is 0. The molecule has 0 amide bonds. The highest BCUT2D eigenvalue weighted by Gasteiger charge is 2.14. The Balaban J connectivity index is 0.000000963. The summed E-state index contributed by atoms with van der Waals surface area (Å²) in [5, 5.41) is 0. The molecule has 0 radical (unpaired) electrons. The van der Waals surface area contributed by atoms with Crippen LogP contribution in [0, 0.1) is 0 Å². The Bertz CT molecular complexity index is 476. The van der Waals surface area contributed by atoms with Gasteiger partial charge in [-0.3, -0.25) is 0 Å². The highest BCUT2D eigenvalue weighted by atomic mass is 16.5. The van der Waals surface area contributed by atoms with Crippen LogP contribution in [0.1, 0.15) is 16.7 Å². The van der Waals surface area contributed by atoms with Crippen LogP contribution in [0.2, 0.25) is 0 Å². The zero-order valence-corrected chi connectivity index (χ0v) is 9.15. The van der Waals surface area contributed by atoms with Gasteiger partial charge >= 0.3 is 0 Å². The summed E-state index contributed by atoms with van der Waals surface area (Å²) in [6.45, 7) is 0.660. The minimum atomic E-state index is 0. The number of benzene rings is 2. The molecule has 0 fully saturated rings. The lowest BCUT2D eigenvalue weighted by Gasteiger charge is -2.19. The molecule has 2 aromatic carbocycles. The quantitative estimate of drug-likeness (QED) is 0.725. The molecule has 2 bridgehead atoms. The molecule has 2 aromatic rings. The largest absolute Gasteiger partial charge is 0.489 e. The molecule has 16 heavy (non-hydrogen) atoms. The van der Waals surface area contributed by atoms with E-state index < -0.39 is 0 Å². The van der Waals surface area contributed by atoms with Gasteiger partial charge in [0.15, 0.2) is 0 Å². The van der Waals surface area contributed by atoms with E-state index in [2.05, 4.69) is 30.3 Å². The molecule has 0 saturated heterocycles. The van der Waals surface area contributed by atoms with Crippen LogP contribution in [0.4, 0.5) is 0 Å². The van der Waals surface area contributed by atoms with Crippen LogP contribution in [0.3, 0.4) is 0 Å². The summed E-state index contributed by atoms with van der Waals surface area (Å²) < 4.78 is 5.77. The van der Waals surface area contributed by atoms with E-state index in [1.807, 2.05) is 18.2 Å². The van der Waals surface area contributed by atoms with Gasteiger partial charge in [0.2, 0.25) is 0 Å². The van der Waals surface area contributed by atoms with E-state index in [1.54, 1.807) is 0 Å². The van der Waals surface area contributed by atoms with Crippen LogP contribution in [-0.4, -0.2) is 0 Å². The Labute approximate surface area is 95.5 Å². The topological polar surface area (TPSA) is 44.2 Å². The maximum atomic E-state index is 5.77. The number of fused-ring (bicyclic) bond motifs is 2. The zero-order valence-electron chi connectivity index (χ0n) is 9.15. The van der Waals surface area contributed by atoms with Crippen LogP contribution in [-0.2, 0) is 13.0 Å². The van der Waals surface area contributed by atoms with Crippen molar-refractivity contribution >= 4 is 0 Å². The van der Waals surface area contributed by atoms with Crippen molar-refractivity contribution in [2.24, 2.45) is 0 Å². The van der Waals surface area contributed by atoms with Gasteiger partial charge in [-0.05, 0) is 22.8 Å². The third kappa shape index (κ3) is 1.92. The summed E-state index contributed by atoms with van der Waals surface area (Å²) in [5.41, 5.74) is 3.97. The van der Waals surface area contributed by atoms with Crippen LogP contribution in [0.5, 0.6) is 5.75 Å². The van der Waals surface area contributed by atoms with Crippen LogP contribution < -0.4 is 10.9 Å². The van der Waals surface area contributed by atoms with Crippen LogP contribution in [0.15, 0.2) is 48.5 Å². The van der Waals surface area contributed by atoms with Gasteiger partial charge in [0.25, 0.3) is 0 Å². The van der Waals surface area contributed by atoms with Gasteiger partial charge in [-0.25, -0.2) is 0 Å². The smallest absolute Gasteiger partial charge is 0.123 e. The predicted molar refractivity (Wildman–Crippen MR) is 65.0 cm³/mol. The second-order valence-electron chi connectivity index (χ2n) is 3.89. The summed E-state index contributed by atoms with van der Waals surface area (Å²) in [6.07, 6.45) is 1.08. The van der Waals surface area contributed by atoms with E-state index in [0.717, 1.165) is 12.2 Å². The summed E-state index contributed by atoms with van der Waals surface area (Å²) in [5.74, 6) is 1.04. The fourth-order valence-corrected chi connectivity index (χ4v) is 1.85. The van der Waals surface area contributed by atoms with Crippen LogP contribution in [0.25, 0.3) is 0 Å². The van der Waals surface area contributed by atoms with Gasteiger partial charge in [-0.2, -0.15) is 0 Å². The van der Waals surface area contributed by atoms with Crippen LogP contribution >= 0.6 is 0 Å². The Morgan fingerprint density at radius 2 is 1.75 bits per heavy atom. The maximum absolute atomic E-state index is 5.77. The lowest BCUT2D eigenvalue weighted by Crippen LogP contribution is -2.05. The lowest BCUT2D eigenvalue weighted by molar-refractivity contribution is 0.302. The van der Waals surface area contributed by atoms with E-state index in [-0.39, 0.29) is 6.15 Å². The number of hydrogen-bond donors (Lipinski definition) is 1. The highest BCUT2D eigenvalue weighted by molar-refractivity contribution is 5.48. The third-order valence-electron chi connectivity index (χ3n) is 2.76. The van der Waals surface area contributed by atoms with E-state index in [1.165, 1.54) is 16.7 Å². The van der Waals surface area contributed by atoms with E-state index in [0.29, 0.717) is 6.61 Å². The van der Waals surface area contributed by atoms with Gasteiger partial charge in [0.05, 0.1) is 0 Å². The first kappa shape index (κ1) is 10.7. The Morgan fingerprint density at radius 1 is 1.00 bits per heavy atom. The standard InChI is InChI=1S/C14H12O.H3N/c1-2-4-11(5-3-1)10-15-14-7-6-12-8-13(14)9-12;/h1-8H,9-10H2;1H3. The molecule has 0 aliphatic heterocycles. The van der Waals surface area contributed by atoms with E-state index >= 15 is 0 Å². The van der Waals surface area contributed by atoms with Crippen molar-refractivity contribution < 1.29 is 4.74 Å². The zero-order chi connectivity index (χ0) is 10.1. The Hall–Kier alpha value is -1.80. The molecule has 4 rings (SSSR count). The Kier molecular flexibility index (Phi) is 2.93. The van der Waals surface area contributed by atoms with Crippen molar-refractivity contribution in [3.8, 4) is 5.75 Å². The first-order valence-electron chi connectivity index (χ1n) is 5.20. The average molecular weight is 213 g/mol. The van der Waals surface area contributed by atoms with E-state index in [9.17, 15) is 0 Å². The molecular formula is C14H15NO. The molecule has 0 spiro atoms. The van der Waals surface area contributed by atoms with Crippen molar-refractivity contribution in [1.29, 1.82) is 0 Å². The molecule has 2 nitrogen and oxygen atoms in total. The SMILES string of the molecule is N.c1ccc(COc2ccc3cc2C3)cc1. The molecule has 2 aliphatic rings. The summed E-state index contributed by atoms with van der Waals surface area (Å²) in [6, 6.07) is 16.7. The molecule has 0 unspecified atom stereocenters. The van der Waals surface area contributed by atoms with Gasteiger partial charge < -0.3 is 10.9 Å². The van der Waals surface area contributed by atoms with Gasteiger partial charge in [-0.1, -0.05) is 42.5 Å². The molecule has 0 atom stereocenters. The maximum Gasteiger partial charge on any atom is 0.123 e. The average Bonchev–Trinajstić information content (AvgIpc) is 2.27. The van der Waals surface area contributed by atoms with Crippen molar-refractivity contribution in [2.45, 2.75) is 13.0 Å². The van der Waals surface area contributed by atoms with Crippen molar-refractivity contribution in [2.75, 3.05) is 0 Å². The van der Waals surface area contributed by atoms with Gasteiger partial charge in [-0.15, -0.1) is 0 Å². The molecule has 0 aromatic heterocycles. The molecule has 3 N–H and O–H groups in total. The Morgan fingerprint density at radius 3 is 2.38 bits per heavy atom. The minimum absolute atomic E-state index is 0. The lowest BCUT2D eigenvalue weighted by atomic mass is 9.92. The predicted octanol–water partition coefficient (Wildman–Crippen LogP) is 3.33. The fraction of sp³-hybridized carbons (Fsp3) is 0.143. The fourth-order valence-electron chi connectivity index (χ4n) is 1.85. The summed E-state index contributed by atoms with van der Waals surface area (Å²) >= 11 is 0. The first-order valence-corrected chi connectivity index (χ1v) is 5.20. The highest BCUT2D eigenvalue weighted by Crippen LogP contribution is 2.31. The van der Waals surface area contributed by atoms with Crippen molar-refractivity contribution in [1.82, 2.24) is 6.15 Å². The molecule has 0 saturated carbocycles. The first-order chi connectivity index (χ1) is 7.42. The van der Waals surface area contributed by atoms with Crippen molar-refractivity contribution in [3.05, 3.63) is 65.2 Å². The monoisotopic (exact) mass is 213 g/mol. The number of ether oxygens (including phenoxy) is 1. The molecule has 2 heteroatoms. The second kappa shape index (κ2) is 4.37.